The van der Waals surface area contributed by atoms with Crippen LogP contribution in [0.2, 0.25) is 0 Å². The van der Waals surface area contributed by atoms with E-state index in [1.54, 1.807) is 67.1 Å². The van der Waals surface area contributed by atoms with Crippen molar-refractivity contribution in [2.75, 3.05) is 18.9 Å². The summed E-state index contributed by atoms with van der Waals surface area (Å²) in [6, 6.07) is 13.1. The van der Waals surface area contributed by atoms with Gasteiger partial charge in [-0.3, -0.25) is 9.59 Å². The van der Waals surface area contributed by atoms with Gasteiger partial charge in [-0.05, 0) is 86.8 Å². The Bertz CT molecular complexity index is 2030. The summed E-state index contributed by atoms with van der Waals surface area (Å²) in [5.74, 6) is -0.838. The predicted octanol–water partition coefficient (Wildman–Crippen LogP) is 4.36. The van der Waals surface area contributed by atoms with E-state index in [4.69, 9.17) is 24.9 Å². The third kappa shape index (κ3) is 6.29. The lowest BCUT2D eigenvalue weighted by Gasteiger charge is -2.35. The van der Waals surface area contributed by atoms with E-state index in [-0.39, 0.29) is 60.6 Å². The van der Waals surface area contributed by atoms with Gasteiger partial charge in [0.15, 0.2) is 0 Å². The summed E-state index contributed by atoms with van der Waals surface area (Å²) < 4.78 is 18.2. The van der Waals surface area contributed by atoms with Crippen molar-refractivity contribution in [2.45, 2.75) is 77.4 Å². The Morgan fingerprint density at radius 3 is 2.58 bits per heavy atom. The van der Waals surface area contributed by atoms with Crippen LogP contribution in [-0.2, 0) is 55.6 Å². The third-order valence-electron chi connectivity index (χ3n) is 9.56. The molecule has 0 aliphatic carbocycles. The SMILES string of the molecule is CCc1c2c(nc3ccc(O)cc13)-c1cc3c(c(=O)n1C2)COC(=O)C3(CC)OC(=O)OCc1ccc(NC(=O)C(CCCCN)NC)cc1. The number of benzene rings is 2. The Balaban J connectivity index is 1.21. The number of likely N-dealkylation sites (N-methyl/N-ethyl adjacent to an activating group) is 1. The number of carbonyl (C=O) groups excluding carboxylic acids is 3. The fourth-order valence-corrected chi connectivity index (χ4v) is 6.84. The fourth-order valence-electron chi connectivity index (χ4n) is 6.84. The highest BCUT2D eigenvalue weighted by Gasteiger charge is 2.51. The molecule has 50 heavy (non-hydrogen) atoms. The van der Waals surface area contributed by atoms with Crippen LogP contribution in [-0.4, -0.2) is 52.3 Å². The number of hydrogen-bond donors (Lipinski definition) is 4. The summed E-state index contributed by atoms with van der Waals surface area (Å²) in [6.45, 7) is 4.08. The summed E-state index contributed by atoms with van der Waals surface area (Å²) in [7, 11) is 1.74. The number of esters is 1. The number of phenolic OH excluding ortho intramolecular Hbond substituents is 1. The van der Waals surface area contributed by atoms with Crippen LogP contribution >= 0.6 is 0 Å². The first-order chi connectivity index (χ1) is 24.1. The smallest absolute Gasteiger partial charge is 0.508 e. The normalized spacial score (nSPS) is 16.6. The number of pyridine rings is 2. The molecule has 2 aliphatic heterocycles. The topological polar surface area (TPSA) is 184 Å². The number of unbranched alkanes of at least 4 members (excludes halogenated alkanes) is 1. The first-order valence-electron chi connectivity index (χ1n) is 16.9. The van der Waals surface area contributed by atoms with Gasteiger partial charge in [0.2, 0.25) is 11.5 Å². The molecule has 0 fully saturated rings. The molecule has 5 N–H and O–H groups in total. The first kappa shape index (κ1) is 34.6. The number of nitrogens with zero attached hydrogens (tertiary/aromatic N) is 2. The van der Waals surface area contributed by atoms with Crippen LogP contribution in [0.25, 0.3) is 22.3 Å². The maximum absolute atomic E-state index is 13.9. The largest absolute Gasteiger partial charge is 0.510 e. The number of aromatic nitrogens is 2. The van der Waals surface area contributed by atoms with Gasteiger partial charge in [-0.25, -0.2) is 14.6 Å². The summed E-state index contributed by atoms with van der Waals surface area (Å²) in [4.78, 5) is 58.0. The van der Waals surface area contributed by atoms with Crippen LogP contribution in [0.3, 0.4) is 0 Å². The Morgan fingerprint density at radius 1 is 1.10 bits per heavy atom. The van der Waals surface area contributed by atoms with Gasteiger partial charge in [0.05, 0.1) is 35.1 Å². The van der Waals surface area contributed by atoms with Crippen molar-refractivity contribution < 1.29 is 33.7 Å². The van der Waals surface area contributed by atoms with Crippen molar-refractivity contribution in [3.63, 3.8) is 0 Å². The molecule has 1 amide bonds. The van der Waals surface area contributed by atoms with Crippen molar-refractivity contribution in [3.05, 3.63) is 86.7 Å². The average Bonchev–Trinajstić information content (AvgIpc) is 3.48. The van der Waals surface area contributed by atoms with Gasteiger partial charge in [0.1, 0.15) is 19.0 Å². The highest BCUT2D eigenvalue weighted by atomic mass is 16.7. The van der Waals surface area contributed by atoms with Crippen molar-refractivity contribution in [3.8, 4) is 17.1 Å². The van der Waals surface area contributed by atoms with Crippen LogP contribution in [0.4, 0.5) is 10.5 Å². The van der Waals surface area contributed by atoms with E-state index in [1.165, 1.54) is 0 Å². The van der Waals surface area contributed by atoms with E-state index in [0.29, 0.717) is 47.5 Å². The lowest BCUT2D eigenvalue weighted by molar-refractivity contribution is -0.175. The van der Waals surface area contributed by atoms with Gasteiger partial charge in [-0.2, -0.15) is 0 Å². The lowest BCUT2D eigenvalue weighted by atomic mass is 9.85. The maximum Gasteiger partial charge on any atom is 0.510 e. The monoisotopic (exact) mass is 683 g/mol. The Labute approximate surface area is 288 Å². The number of phenols is 1. The Hall–Kier alpha value is -5.27. The van der Waals surface area contributed by atoms with Gasteiger partial charge < -0.3 is 40.3 Å². The van der Waals surface area contributed by atoms with Crippen LogP contribution in [0.5, 0.6) is 5.75 Å². The van der Waals surface area contributed by atoms with E-state index < -0.39 is 17.7 Å². The average molecular weight is 684 g/mol. The second kappa shape index (κ2) is 14.3. The molecule has 0 bridgehead atoms. The number of aromatic hydroxyl groups is 1. The molecule has 2 aromatic carbocycles. The molecule has 13 nitrogen and oxygen atoms in total. The van der Waals surface area contributed by atoms with Gasteiger partial charge in [0.25, 0.3) is 5.56 Å². The number of carbonyl (C=O) groups is 3. The number of nitrogens with one attached hydrogen (secondary N) is 2. The number of amides is 1. The number of ether oxygens (including phenoxy) is 3. The molecule has 262 valence electrons. The fraction of sp³-hybridized carbons (Fsp3) is 0.378. The minimum Gasteiger partial charge on any atom is -0.508 e. The number of hydrogen-bond acceptors (Lipinski definition) is 11. The minimum absolute atomic E-state index is 0.0114. The zero-order valence-corrected chi connectivity index (χ0v) is 28.3. The zero-order chi connectivity index (χ0) is 35.6. The molecule has 2 aromatic heterocycles. The Morgan fingerprint density at radius 2 is 1.88 bits per heavy atom. The summed E-state index contributed by atoms with van der Waals surface area (Å²) >= 11 is 0. The molecule has 0 spiro atoms. The van der Waals surface area contributed by atoms with Gasteiger partial charge >= 0.3 is 12.1 Å². The van der Waals surface area contributed by atoms with Gasteiger partial charge in [-0.1, -0.05) is 32.4 Å². The third-order valence-corrected chi connectivity index (χ3v) is 9.56. The second-order valence-corrected chi connectivity index (χ2v) is 12.5. The second-order valence-electron chi connectivity index (χ2n) is 12.5. The molecule has 0 saturated carbocycles. The molecule has 4 aromatic rings. The molecular formula is C37H41N5O8. The molecule has 13 heteroatoms. The van der Waals surface area contributed by atoms with Crippen molar-refractivity contribution >= 4 is 34.6 Å². The summed E-state index contributed by atoms with van der Waals surface area (Å²) in [5, 5.41) is 16.8. The number of anilines is 1. The van der Waals surface area contributed by atoms with Crippen LogP contribution in [0, 0.1) is 0 Å². The van der Waals surface area contributed by atoms with Crippen molar-refractivity contribution in [1.29, 1.82) is 0 Å². The highest BCUT2D eigenvalue weighted by molar-refractivity contribution is 5.95. The molecule has 6 rings (SSSR count). The molecule has 2 unspecified atom stereocenters. The van der Waals surface area contributed by atoms with Crippen LogP contribution < -0.4 is 21.9 Å². The summed E-state index contributed by atoms with van der Waals surface area (Å²) in [6.07, 6.45) is 1.86. The minimum atomic E-state index is -1.92. The number of cyclic esters (lactones) is 1. The van der Waals surface area contributed by atoms with Gasteiger partial charge in [0, 0.05) is 22.2 Å². The molecule has 0 radical (unpaired) electrons. The number of fused-ring (bicyclic) bond motifs is 5. The zero-order valence-electron chi connectivity index (χ0n) is 28.3. The lowest BCUT2D eigenvalue weighted by Crippen LogP contribution is -2.47. The predicted molar refractivity (Wildman–Crippen MR) is 185 cm³/mol. The number of nitrogens with two attached hydrogens (primary N) is 1. The van der Waals surface area contributed by atoms with E-state index in [9.17, 15) is 24.3 Å². The summed E-state index contributed by atoms with van der Waals surface area (Å²) in [5.41, 5.74) is 8.52. The van der Waals surface area contributed by atoms with Crippen LogP contribution in [0.1, 0.15) is 67.3 Å². The number of rotatable bonds is 12. The van der Waals surface area contributed by atoms with Crippen LogP contribution in [0.15, 0.2) is 53.3 Å². The molecule has 4 heterocycles. The van der Waals surface area contributed by atoms with E-state index in [0.717, 1.165) is 29.4 Å². The molecular weight excluding hydrogens is 642 g/mol. The molecule has 0 saturated heterocycles. The van der Waals surface area contributed by atoms with E-state index in [1.807, 2.05) is 6.92 Å². The standard InChI is InChI=1S/C37H41N5O8/c1-4-24-25-16-23(43)13-14-29(25)41-32-26(24)18-42-31(32)17-28-27(34(42)45)20-48-35(46)37(28,5-2)50-36(47)49-19-21-9-11-22(12-10-21)40-33(44)30(39-3)8-6-7-15-38/h9-14,16-17,30,39,43H,4-8,15,18-20,38H2,1-3H3,(H,40,44). The molecule has 2 aliphatic rings. The highest BCUT2D eigenvalue weighted by Crippen LogP contribution is 2.42. The quantitative estimate of drug-likeness (QED) is 0.108. The van der Waals surface area contributed by atoms with Gasteiger partial charge in [-0.15, -0.1) is 0 Å². The van der Waals surface area contributed by atoms with E-state index in [2.05, 4.69) is 10.6 Å². The number of aryl methyl sites for hydroxylation is 1. The van der Waals surface area contributed by atoms with E-state index >= 15 is 0 Å². The van der Waals surface area contributed by atoms with Crippen molar-refractivity contribution in [1.82, 2.24) is 14.9 Å². The molecule has 2 atom stereocenters. The first-order valence-corrected chi connectivity index (χ1v) is 16.9. The maximum atomic E-state index is 13.9. The van der Waals surface area contributed by atoms with Crippen molar-refractivity contribution in [2.24, 2.45) is 5.73 Å². The Kier molecular flexibility index (Phi) is 9.89.